The van der Waals surface area contributed by atoms with Gasteiger partial charge in [-0.05, 0) is 43.4 Å². The van der Waals surface area contributed by atoms with Crippen molar-refractivity contribution in [1.82, 2.24) is 5.43 Å². The van der Waals surface area contributed by atoms with E-state index in [0.717, 1.165) is 23.7 Å². The summed E-state index contributed by atoms with van der Waals surface area (Å²) < 4.78 is 1.12. The second-order valence-electron chi connectivity index (χ2n) is 3.96. The molecule has 3 heteroatoms. The van der Waals surface area contributed by atoms with Gasteiger partial charge < -0.3 is 0 Å². The summed E-state index contributed by atoms with van der Waals surface area (Å²) in [4.78, 5) is 0. The van der Waals surface area contributed by atoms with Gasteiger partial charge in [0.05, 0.1) is 0 Å². The van der Waals surface area contributed by atoms with Crippen LogP contribution >= 0.6 is 15.9 Å². The highest BCUT2D eigenvalue weighted by atomic mass is 79.9. The minimum absolute atomic E-state index is 0.204. The summed E-state index contributed by atoms with van der Waals surface area (Å²) in [6.07, 6.45) is 5.09. The fraction of sp³-hybridized carbons (Fsp3) is 0.385. The molecule has 1 aromatic carbocycles. The van der Waals surface area contributed by atoms with Crippen molar-refractivity contribution in [1.29, 1.82) is 0 Å². The molecule has 0 bridgehead atoms. The molecule has 2 nitrogen and oxygen atoms in total. The van der Waals surface area contributed by atoms with E-state index in [1.54, 1.807) is 0 Å². The second kappa shape index (κ2) is 6.84. The van der Waals surface area contributed by atoms with E-state index in [4.69, 9.17) is 5.84 Å². The Hall–Kier alpha value is -0.640. The topological polar surface area (TPSA) is 38.0 Å². The first-order chi connectivity index (χ1) is 7.69. The molecule has 0 aliphatic heterocycles. The normalized spacial score (nSPS) is 12.4. The van der Waals surface area contributed by atoms with Gasteiger partial charge in [0.1, 0.15) is 0 Å². The third kappa shape index (κ3) is 3.74. The van der Waals surface area contributed by atoms with Crippen molar-refractivity contribution < 1.29 is 0 Å². The van der Waals surface area contributed by atoms with Gasteiger partial charge in [-0.25, -0.2) is 0 Å². The lowest BCUT2D eigenvalue weighted by Crippen LogP contribution is -2.28. The van der Waals surface area contributed by atoms with Gasteiger partial charge in [-0.1, -0.05) is 34.1 Å². The van der Waals surface area contributed by atoms with Gasteiger partial charge in [0.25, 0.3) is 0 Å². The van der Waals surface area contributed by atoms with E-state index in [2.05, 4.69) is 53.1 Å². The average Bonchev–Trinajstić information content (AvgIpc) is 2.26. The second-order valence-corrected chi connectivity index (χ2v) is 4.82. The maximum Gasteiger partial charge on any atom is 0.0471 e. The number of unbranched alkanes of at least 4 members (excludes halogenated alkanes) is 1. The summed E-state index contributed by atoms with van der Waals surface area (Å²) in [7, 11) is 0. The molecule has 0 radical (unpaired) electrons. The van der Waals surface area contributed by atoms with E-state index in [0.29, 0.717) is 0 Å². The van der Waals surface area contributed by atoms with E-state index in [1.807, 2.05) is 6.08 Å². The van der Waals surface area contributed by atoms with Gasteiger partial charge in [0, 0.05) is 10.5 Å². The molecule has 88 valence electrons. The van der Waals surface area contributed by atoms with Crippen molar-refractivity contribution in [2.75, 3.05) is 0 Å². The molecule has 0 saturated heterocycles. The van der Waals surface area contributed by atoms with Crippen LogP contribution < -0.4 is 11.3 Å². The molecule has 1 aromatic rings. The first-order valence-electron chi connectivity index (χ1n) is 5.52. The average molecular weight is 283 g/mol. The Bertz CT molecular complexity index is 350. The van der Waals surface area contributed by atoms with Gasteiger partial charge in [-0.15, -0.1) is 6.58 Å². The molecule has 0 spiro atoms. The first kappa shape index (κ1) is 13.4. The number of hydrogen-bond donors (Lipinski definition) is 2. The van der Waals surface area contributed by atoms with Crippen molar-refractivity contribution in [2.24, 2.45) is 5.84 Å². The molecule has 1 unspecified atom stereocenters. The molecule has 1 atom stereocenters. The molecule has 0 aromatic heterocycles. The summed E-state index contributed by atoms with van der Waals surface area (Å²) in [5, 5.41) is 0. The highest BCUT2D eigenvalue weighted by Crippen LogP contribution is 2.27. The fourth-order valence-electron chi connectivity index (χ4n) is 1.71. The molecule has 0 aliphatic rings. The lowest BCUT2D eigenvalue weighted by atomic mass is 10.0. The molecule has 0 heterocycles. The zero-order valence-corrected chi connectivity index (χ0v) is 11.3. The van der Waals surface area contributed by atoms with Crippen LogP contribution in [-0.2, 0) is 0 Å². The number of nitrogens with two attached hydrogens (primary N) is 1. The Morgan fingerprint density at radius 1 is 1.56 bits per heavy atom. The Balaban J connectivity index is 2.74. The number of allylic oxidation sites excluding steroid dienone is 1. The molecular weight excluding hydrogens is 264 g/mol. The van der Waals surface area contributed by atoms with E-state index >= 15 is 0 Å². The fourth-order valence-corrected chi connectivity index (χ4v) is 2.48. The van der Waals surface area contributed by atoms with Crippen molar-refractivity contribution in [3.63, 3.8) is 0 Å². The minimum atomic E-state index is 0.204. The van der Waals surface area contributed by atoms with Crippen molar-refractivity contribution in [2.45, 2.75) is 32.2 Å². The predicted octanol–water partition coefficient (Wildman–Crippen LogP) is 3.62. The van der Waals surface area contributed by atoms with Gasteiger partial charge in [0.15, 0.2) is 0 Å². The molecule has 3 N–H and O–H groups in total. The largest absolute Gasteiger partial charge is 0.271 e. The molecular formula is C13H19BrN2. The number of benzene rings is 1. The summed E-state index contributed by atoms with van der Waals surface area (Å²) in [6.45, 7) is 5.80. The Labute approximate surface area is 106 Å². The van der Waals surface area contributed by atoms with Crippen LogP contribution in [0.25, 0.3) is 0 Å². The predicted molar refractivity (Wildman–Crippen MR) is 73.0 cm³/mol. The van der Waals surface area contributed by atoms with Crippen LogP contribution in [-0.4, -0.2) is 0 Å². The zero-order valence-electron chi connectivity index (χ0n) is 9.67. The van der Waals surface area contributed by atoms with E-state index in [9.17, 15) is 0 Å². The maximum absolute atomic E-state index is 5.60. The van der Waals surface area contributed by atoms with Crippen LogP contribution in [0.4, 0.5) is 0 Å². The smallest absolute Gasteiger partial charge is 0.0471 e. The number of rotatable bonds is 6. The Kier molecular flexibility index (Phi) is 5.74. The van der Waals surface area contributed by atoms with E-state index in [-0.39, 0.29) is 6.04 Å². The van der Waals surface area contributed by atoms with E-state index in [1.165, 1.54) is 11.1 Å². The van der Waals surface area contributed by atoms with E-state index < -0.39 is 0 Å². The SMILES string of the molecule is C=CCCCC(NN)c1ccc(C)cc1Br. The summed E-state index contributed by atoms with van der Waals surface area (Å²) in [6, 6.07) is 6.55. The number of nitrogens with one attached hydrogen (secondary N) is 1. The molecule has 1 rings (SSSR count). The molecule has 0 fully saturated rings. The van der Waals surface area contributed by atoms with Crippen LogP contribution in [0.1, 0.15) is 36.4 Å². The number of halogens is 1. The van der Waals surface area contributed by atoms with Crippen molar-refractivity contribution in [3.05, 3.63) is 46.5 Å². The van der Waals surface area contributed by atoms with Gasteiger partial charge >= 0.3 is 0 Å². The molecule has 0 amide bonds. The Morgan fingerprint density at radius 2 is 2.31 bits per heavy atom. The number of hydrogen-bond acceptors (Lipinski definition) is 2. The summed E-state index contributed by atoms with van der Waals surface area (Å²) >= 11 is 3.58. The van der Waals surface area contributed by atoms with Crippen molar-refractivity contribution >= 4 is 15.9 Å². The standard InChI is InChI=1S/C13H19BrN2/c1-3-4-5-6-13(16-15)11-8-7-10(2)9-12(11)14/h3,7-9,13,16H,1,4-6,15H2,2H3. The lowest BCUT2D eigenvalue weighted by Gasteiger charge is -2.17. The zero-order chi connectivity index (χ0) is 12.0. The molecule has 0 aliphatic carbocycles. The number of hydrazine groups is 1. The lowest BCUT2D eigenvalue weighted by molar-refractivity contribution is 0.499. The van der Waals surface area contributed by atoms with Gasteiger partial charge in [-0.3, -0.25) is 11.3 Å². The Morgan fingerprint density at radius 3 is 2.88 bits per heavy atom. The quantitative estimate of drug-likeness (QED) is 0.362. The first-order valence-corrected chi connectivity index (χ1v) is 6.31. The molecule has 16 heavy (non-hydrogen) atoms. The number of aryl methyl sites for hydroxylation is 1. The summed E-state index contributed by atoms with van der Waals surface area (Å²) in [5.74, 6) is 5.60. The monoisotopic (exact) mass is 282 g/mol. The molecule has 0 saturated carbocycles. The minimum Gasteiger partial charge on any atom is -0.271 e. The van der Waals surface area contributed by atoms with Crippen LogP contribution in [0.5, 0.6) is 0 Å². The van der Waals surface area contributed by atoms with Crippen LogP contribution in [0.3, 0.4) is 0 Å². The maximum atomic E-state index is 5.60. The van der Waals surface area contributed by atoms with Crippen molar-refractivity contribution in [3.8, 4) is 0 Å². The van der Waals surface area contributed by atoms with Crippen LogP contribution in [0, 0.1) is 6.92 Å². The highest BCUT2D eigenvalue weighted by Gasteiger charge is 2.12. The van der Waals surface area contributed by atoms with Crippen LogP contribution in [0.2, 0.25) is 0 Å². The van der Waals surface area contributed by atoms with Crippen LogP contribution in [0.15, 0.2) is 35.3 Å². The van der Waals surface area contributed by atoms with Gasteiger partial charge in [0.2, 0.25) is 0 Å². The third-order valence-corrected chi connectivity index (χ3v) is 3.32. The highest BCUT2D eigenvalue weighted by molar-refractivity contribution is 9.10. The summed E-state index contributed by atoms with van der Waals surface area (Å²) in [5.41, 5.74) is 5.34. The third-order valence-electron chi connectivity index (χ3n) is 2.63. The van der Waals surface area contributed by atoms with Gasteiger partial charge in [-0.2, -0.15) is 0 Å².